The van der Waals surface area contributed by atoms with Crippen molar-refractivity contribution in [2.45, 2.75) is 61.2 Å². The zero-order valence-corrected chi connectivity index (χ0v) is 26.6. The molecule has 0 aliphatic rings. The van der Waals surface area contributed by atoms with Crippen LogP contribution in [0.1, 0.15) is 56.1 Å². The van der Waals surface area contributed by atoms with E-state index in [-0.39, 0.29) is 22.0 Å². The fourth-order valence-electron chi connectivity index (χ4n) is 5.49. The van der Waals surface area contributed by atoms with E-state index in [4.69, 9.17) is 10.7 Å². The zero-order chi connectivity index (χ0) is 32.0. The SMILES string of the molecule is CCCCCC(CCc1cccc2nc(NS(=O)(=O)c3ccc(N)cc3)c(-c3ccccc3S(=O)(=O)O)nc12)c1ccccc1. The molecule has 45 heavy (non-hydrogen) atoms. The third-order valence-corrected chi connectivity index (χ3v) is 10.1. The van der Waals surface area contributed by atoms with Gasteiger partial charge in [-0.25, -0.2) is 18.4 Å². The molecule has 4 aromatic carbocycles. The summed E-state index contributed by atoms with van der Waals surface area (Å²) in [5.74, 6) is 0.168. The molecule has 1 heterocycles. The Labute approximate surface area is 264 Å². The van der Waals surface area contributed by atoms with Crippen LogP contribution in [0.2, 0.25) is 0 Å². The number of sulfonamides is 1. The summed E-state index contributed by atoms with van der Waals surface area (Å²) in [6.45, 7) is 2.19. The first-order valence-corrected chi connectivity index (χ1v) is 17.8. The number of nitrogen functional groups attached to an aromatic ring is 1. The second-order valence-corrected chi connectivity index (χ2v) is 14.1. The average molecular weight is 645 g/mol. The molecule has 0 spiro atoms. The fourth-order valence-corrected chi connectivity index (χ4v) is 7.19. The van der Waals surface area contributed by atoms with Gasteiger partial charge in [-0.05, 0) is 72.7 Å². The normalized spacial score (nSPS) is 12.7. The number of anilines is 2. The van der Waals surface area contributed by atoms with Crippen molar-refractivity contribution in [3.8, 4) is 11.3 Å². The van der Waals surface area contributed by atoms with Gasteiger partial charge in [0.1, 0.15) is 10.6 Å². The van der Waals surface area contributed by atoms with Crippen LogP contribution in [0, 0.1) is 0 Å². The Morgan fingerprint density at radius 2 is 1.51 bits per heavy atom. The molecule has 1 aromatic heterocycles. The third-order valence-electron chi connectivity index (χ3n) is 7.81. The summed E-state index contributed by atoms with van der Waals surface area (Å²) >= 11 is 0. The standard InChI is InChI=1S/C34H36N4O5S2/c1-2-3-5-11-25(24-12-6-4-7-13-24)18-19-26-14-10-16-30-32(26)37-33(29-15-8-9-17-31(29)45(41,42)43)34(36-30)38-44(39,40)28-22-20-27(35)21-23-28/h4,6-10,12-17,20-23,25H,2-3,5,11,18-19,35H2,1H3,(H,36,38)(H,41,42,43). The number of fused-ring (bicyclic) bond motifs is 1. The van der Waals surface area contributed by atoms with E-state index in [2.05, 4.69) is 40.9 Å². The van der Waals surface area contributed by atoms with E-state index in [9.17, 15) is 21.4 Å². The second kappa shape index (κ2) is 13.8. The predicted molar refractivity (Wildman–Crippen MR) is 178 cm³/mol. The van der Waals surface area contributed by atoms with Gasteiger partial charge in [-0.15, -0.1) is 0 Å². The summed E-state index contributed by atoms with van der Waals surface area (Å²) in [7, 11) is -8.86. The molecule has 0 aliphatic carbocycles. The number of rotatable bonds is 13. The van der Waals surface area contributed by atoms with Crippen LogP contribution >= 0.6 is 0 Å². The highest BCUT2D eigenvalue weighted by Gasteiger charge is 2.25. The van der Waals surface area contributed by atoms with Crippen LogP contribution in [-0.2, 0) is 26.6 Å². The summed E-state index contributed by atoms with van der Waals surface area (Å²) in [4.78, 5) is 9.04. The van der Waals surface area contributed by atoms with Crippen LogP contribution < -0.4 is 10.5 Å². The summed E-state index contributed by atoms with van der Waals surface area (Å²) in [6, 6.07) is 27.4. The Morgan fingerprint density at radius 1 is 0.800 bits per heavy atom. The summed E-state index contributed by atoms with van der Waals surface area (Å²) in [5, 5.41) is 0. The van der Waals surface area contributed by atoms with Gasteiger partial charge in [0.2, 0.25) is 0 Å². The average Bonchev–Trinajstić information content (AvgIpc) is 3.02. The first kappa shape index (κ1) is 32.1. The molecular formula is C34H36N4O5S2. The van der Waals surface area contributed by atoms with Crippen molar-refractivity contribution in [3.05, 3.63) is 108 Å². The number of aromatic nitrogens is 2. The molecule has 0 fully saturated rings. The van der Waals surface area contributed by atoms with E-state index in [0.717, 1.165) is 37.7 Å². The zero-order valence-electron chi connectivity index (χ0n) is 24.9. The maximum absolute atomic E-state index is 13.4. The molecule has 0 saturated heterocycles. The number of aryl methyl sites for hydroxylation is 1. The number of unbranched alkanes of at least 4 members (excludes halogenated alkanes) is 2. The quantitative estimate of drug-likeness (QED) is 0.0690. The molecule has 11 heteroatoms. The molecule has 5 rings (SSSR count). The lowest BCUT2D eigenvalue weighted by molar-refractivity contribution is 0.483. The van der Waals surface area contributed by atoms with Gasteiger partial charge in [0.25, 0.3) is 20.1 Å². The van der Waals surface area contributed by atoms with Gasteiger partial charge in [-0.1, -0.05) is 86.8 Å². The minimum Gasteiger partial charge on any atom is -0.399 e. The molecule has 9 nitrogen and oxygen atoms in total. The highest BCUT2D eigenvalue weighted by atomic mass is 32.2. The minimum absolute atomic E-state index is 0.0148. The van der Waals surface area contributed by atoms with E-state index >= 15 is 0 Å². The summed E-state index contributed by atoms with van der Waals surface area (Å²) in [5.41, 5.74) is 9.28. The van der Waals surface area contributed by atoms with Crippen LogP contribution in [0.4, 0.5) is 11.5 Å². The van der Waals surface area contributed by atoms with Crippen molar-refractivity contribution in [2.75, 3.05) is 10.5 Å². The fraction of sp³-hybridized carbons (Fsp3) is 0.235. The molecule has 0 radical (unpaired) electrons. The highest BCUT2D eigenvalue weighted by molar-refractivity contribution is 7.92. The number of nitrogens with zero attached hydrogens (tertiary/aromatic N) is 2. The molecule has 1 atom stereocenters. The lowest BCUT2D eigenvalue weighted by Gasteiger charge is -2.19. The Hall–Kier alpha value is -4.32. The van der Waals surface area contributed by atoms with Crippen molar-refractivity contribution in [1.82, 2.24) is 9.97 Å². The molecule has 4 N–H and O–H groups in total. The molecule has 1 unspecified atom stereocenters. The highest BCUT2D eigenvalue weighted by Crippen LogP contribution is 2.35. The van der Waals surface area contributed by atoms with E-state index < -0.39 is 25.0 Å². The second-order valence-electron chi connectivity index (χ2n) is 11.0. The van der Waals surface area contributed by atoms with Gasteiger partial charge in [-0.3, -0.25) is 9.27 Å². The van der Waals surface area contributed by atoms with E-state index in [0.29, 0.717) is 29.1 Å². The monoisotopic (exact) mass is 644 g/mol. The maximum Gasteiger partial charge on any atom is 0.295 e. The molecule has 0 bridgehead atoms. The molecular weight excluding hydrogens is 609 g/mol. The van der Waals surface area contributed by atoms with Crippen molar-refractivity contribution < 1.29 is 21.4 Å². The number of para-hydroxylation sites is 1. The van der Waals surface area contributed by atoms with Crippen LogP contribution in [0.15, 0.2) is 107 Å². The Kier molecular flexibility index (Phi) is 9.81. The topological polar surface area (TPSA) is 152 Å². The number of benzene rings is 4. The van der Waals surface area contributed by atoms with Crippen molar-refractivity contribution >= 4 is 42.7 Å². The van der Waals surface area contributed by atoms with Crippen LogP contribution in [0.25, 0.3) is 22.3 Å². The van der Waals surface area contributed by atoms with Crippen molar-refractivity contribution in [3.63, 3.8) is 0 Å². The van der Waals surface area contributed by atoms with Crippen LogP contribution in [0.5, 0.6) is 0 Å². The molecule has 0 aliphatic heterocycles. The van der Waals surface area contributed by atoms with Gasteiger partial charge < -0.3 is 5.73 Å². The smallest absolute Gasteiger partial charge is 0.295 e. The first-order chi connectivity index (χ1) is 21.6. The van der Waals surface area contributed by atoms with Gasteiger partial charge in [0.15, 0.2) is 5.82 Å². The minimum atomic E-state index is -4.68. The lowest BCUT2D eigenvalue weighted by Crippen LogP contribution is -2.16. The number of nitrogens with two attached hydrogens (primary N) is 1. The van der Waals surface area contributed by atoms with Crippen molar-refractivity contribution in [2.24, 2.45) is 0 Å². The van der Waals surface area contributed by atoms with Gasteiger partial charge >= 0.3 is 0 Å². The largest absolute Gasteiger partial charge is 0.399 e. The van der Waals surface area contributed by atoms with Gasteiger partial charge in [0.05, 0.1) is 15.9 Å². The van der Waals surface area contributed by atoms with Gasteiger partial charge in [0, 0.05) is 11.3 Å². The predicted octanol–water partition coefficient (Wildman–Crippen LogP) is 7.22. The maximum atomic E-state index is 13.4. The van der Waals surface area contributed by atoms with Crippen LogP contribution in [-0.4, -0.2) is 31.4 Å². The van der Waals surface area contributed by atoms with Crippen molar-refractivity contribution in [1.29, 1.82) is 0 Å². The number of hydrogen-bond acceptors (Lipinski definition) is 7. The number of hydrogen-bond donors (Lipinski definition) is 3. The third kappa shape index (κ3) is 7.67. The molecule has 0 amide bonds. The van der Waals surface area contributed by atoms with E-state index in [1.54, 1.807) is 12.1 Å². The summed E-state index contributed by atoms with van der Waals surface area (Å²) in [6.07, 6.45) is 6.01. The lowest BCUT2D eigenvalue weighted by atomic mass is 9.87. The van der Waals surface area contributed by atoms with E-state index in [1.165, 1.54) is 48.0 Å². The Balaban J connectivity index is 1.61. The molecule has 5 aromatic rings. The first-order valence-electron chi connectivity index (χ1n) is 14.9. The van der Waals surface area contributed by atoms with Gasteiger partial charge in [-0.2, -0.15) is 8.42 Å². The Bertz CT molecular complexity index is 2000. The number of nitrogens with one attached hydrogen (secondary N) is 1. The summed E-state index contributed by atoms with van der Waals surface area (Å²) < 4.78 is 64.1. The van der Waals surface area contributed by atoms with Crippen LogP contribution in [0.3, 0.4) is 0 Å². The molecule has 234 valence electrons. The van der Waals surface area contributed by atoms with E-state index in [1.807, 2.05) is 18.2 Å². The molecule has 0 saturated carbocycles. The Morgan fingerprint density at radius 3 is 2.22 bits per heavy atom.